The summed E-state index contributed by atoms with van der Waals surface area (Å²) in [6, 6.07) is 3.25. The molecule has 9 nitrogen and oxygen atoms in total. The van der Waals surface area contributed by atoms with Crippen LogP contribution >= 0.6 is 0 Å². The van der Waals surface area contributed by atoms with Crippen molar-refractivity contribution in [2.45, 2.75) is 39.1 Å². The first-order valence-corrected chi connectivity index (χ1v) is 8.31. The van der Waals surface area contributed by atoms with Crippen LogP contribution in [0.3, 0.4) is 0 Å². The van der Waals surface area contributed by atoms with Crippen molar-refractivity contribution in [3.05, 3.63) is 51.1 Å². The van der Waals surface area contributed by atoms with Crippen molar-refractivity contribution in [1.82, 2.24) is 9.97 Å². The maximum Gasteiger partial charge on any atom is 0.281 e. The van der Waals surface area contributed by atoms with Crippen LogP contribution in [0.2, 0.25) is 0 Å². The first-order chi connectivity index (χ1) is 13.1. The lowest BCUT2D eigenvalue weighted by atomic mass is 10.0. The van der Waals surface area contributed by atoms with E-state index in [4.69, 9.17) is 14.2 Å². The van der Waals surface area contributed by atoms with Gasteiger partial charge in [-0.3, -0.25) is 10.1 Å². The van der Waals surface area contributed by atoms with Gasteiger partial charge in [-0.1, -0.05) is 0 Å². The molecule has 2 rings (SSSR count). The molecule has 0 aliphatic rings. The summed E-state index contributed by atoms with van der Waals surface area (Å²) in [7, 11) is 2.70. The van der Waals surface area contributed by atoms with Gasteiger partial charge in [0.05, 0.1) is 48.5 Å². The summed E-state index contributed by atoms with van der Waals surface area (Å²) in [4.78, 5) is 19.0. The van der Waals surface area contributed by atoms with E-state index in [0.29, 0.717) is 0 Å². The Kier molecular flexibility index (Phi) is 6.47. The van der Waals surface area contributed by atoms with Gasteiger partial charge < -0.3 is 19.3 Å². The van der Waals surface area contributed by atoms with Gasteiger partial charge >= 0.3 is 0 Å². The minimum Gasteiger partial charge on any atom is -0.481 e. The molecule has 0 bridgehead atoms. The average molecular weight is 395 g/mol. The van der Waals surface area contributed by atoms with Gasteiger partial charge in [0, 0.05) is 0 Å². The van der Waals surface area contributed by atoms with E-state index in [1.54, 1.807) is 20.8 Å². The van der Waals surface area contributed by atoms with E-state index >= 15 is 0 Å². The zero-order valence-corrected chi connectivity index (χ0v) is 16.2. The Hall–Kier alpha value is -2.85. The number of benzene rings is 1. The van der Waals surface area contributed by atoms with Crippen molar-refractivity contribution in [3.63, 3.8) is 0 Å². The highest BCUT2D eigenvalue weighted by atomic mass is 19.1. The lowest BCUT2D eigenvalue weighted by Gasteiger charge is -2.20. The topological polar surface area (TPSA) is 117 Å². The van der Waals surface area contributed by atoms with Gasteiger partial charge in [0.15, 0.2) is 5.82 Å². The highest BCUT2D eigenvalue weighted by molar-refractivity contribution is 5.50. The van der Waals surface area contributed by atoms with Gasteiger partial charge in [-0.05, 0) is 32.9 Å². The number of nitro benzene ring substituents is 1. The summed E-state index contributed by atoms with van der Waals surface area (Å²) in [6.45, 7) is 5.10. The van der Waals surface area contributed by atoms with Crippen LogP contribution < -0.4 is 9.47 Å². The summed E-state index contributed by atoms with van der Waals surface area (Å²) >= 11 is 0. The Bertz CT molecular complexity index is 847. The van der Waals surface area contributed by atoms with E-state index in [1.165, 1.54) is 20.3 Å². The molecule has 0 radical (unpaired) electrons. The zero-order valence-electron chi connectivity index (χ0n) is 16.2. The van der Waals surface area contributed by atoms with E-state index < -0.39 is 28.1 Å². The maximum atomic E-state index is 14.2. The molecular formula is C18H22FN3O6. The normalized spacial score (nSPS) is 12.5. The first kappa shape index (κ1) is 21.5. The van der Waals surface area contributed by atoms with Crippen LogP contribution in [0.5, 0.6) is 11.8 Å². The number of halogens is 1. The standard InChI is InChI=1S/C18H22FN3O6/c1-18(2,3)28-9-10-6-11(19)7-12(15(10)22(24)25)16(23)17-20-13(26-4)8-14(21-17)27-5/h6-8,16,23H,9H2,1-5H3. The first-order valence-electron chi connectivity index (χ1n) is 8.31. The minimum absolute atomic E-state index is 0.0103. The largest absolute Gasteiger partial charge is 0.481 e. The van der Waals surface area contributed by atoms with Gasteiger partial charge in [-0.25, -0.2) is 4.39 Å². The van der Waals surface area contributed by atoms with Crippen LogP contribution in [0.25, 0.3) is 0 Å². The quantitative estimate of drug-likeness (QED) is 0.562. The number of hydrogen-bond acceptors (Lipinski definition) is 8. The smallest absolute Gasteiger partial charge is 0.281 e. The molecule has 1 aromatic carbocycles. The Balaban J connectivity index is 2.57. The third kappa shape index (κ3) is 5.11. The van der Waals surface area contributed by atoms with Gasteiger partial charge in [-0.2, -0.15) is 9.97 Å². The van der Waals surface area contributed by atoms with E-state index in [0.717, 1.165) is 12.1 Å². The van der Waals surface area contributed by atoms with Crippen molar-refractivity contribution in [2.24, 2.45) is 0 Å². The molecule has 2 aromatic rings. The number of ether oxygens (including phenoxy) is 3. The number of nitro groups is 1. The van der Waals surface area contributed by atoms with Crippen molar-refractivity contribution in [2.75, 3.05) is 14.2 Å². The van der Waals surface area contributed by atoms with Gasteiger partial charge in [0.25, 0.3) is 5.69 Å². The van der Waals surface area contributed by atoms with E-state index in [2.05, 4.69) is 9.97 Å². The van der Waals surface area contributed by atoms with Crippen molar-refractivity contribution in [3.8, 4) is 11.8 Å². The molecule has 1 N–H and O–H groups in total. The third-order valence-corrected chi connectivity index (χ3v) is 3.68. The molecule has 0 fully saturated rings. The summed E-state index contributed by atoms with van der Waals surface area (Å²) in [5.74, 6) is -0.831. The third-order valence-electron chi connectivity index (χ3n) is 3.68. The number of methoxy groups -OCH3 is 2. The molecule has 0 spiro atoms. The van der Waals surface area contributed by atoms with Crippen molar-refractivity contribution >= 4 is 5.69 Å². The molecule has 0 aliphatic heterocycles. The minimum atomic E-state index is -1.69. The van der Waals surface area contributed by atoms with Gasteiger partial charge in [0.2, 0.25) is 11.8 Å². The van der Waals surface area contributed by atoms with Crippen molar-refractivity contribution in [1.29, 1.82) is 0 Å². The molecule has 1 unspecified atom stereocenters. The summed E-state index contributed by atoms with van der Waals surface area (Å²) in [5, 5.41) is 22.4. The van der Waals surface area contributed by atoms with Gasteiger partial charge in [-0.15, -0.1) is 0 Å². The molecule has 0 amide bonds. The number of hydrogen-bond donors (Lipinski definition) is 1. The molecule has 1 atom stereocenters. The predicted octanol–water partition coefficient (Wildman–Crippen LogP) is 2.94. The van der Waals surface area contributed by atoms with Crippen LogP contribution in [0.1, 0.15) is 43.8 Å². The maximum absolute atomic E-state index is 14.2. The molecular weight excluding hydrogens is 373 g/mol. The molecule has 1 heterocycles. The fourth-order valence-corrected chi connectivity index (χ4v) is 2.41. The monoisotopic (exact) mass is 395 g/mol. The second-order valence-corrected chi connectivity index (χ2v) is 6.87. The van der Waals surface area contributed by atoms with Crippen molar-refractivity contribution < 1.29 is 28.6 Å². The highest BCUT2D eigenvalue weighted by Crippen LogP contribution is 2.34. The second kappa shape index (κ2) is 8.44. The summed E-state index contributed by atoms with van der Waals surface area (Å²) in [6.07, 6.45) is -1.69. The number of nitrogens with zero attached hydrogens (tertiary/aromatic N) is 3. The Morgan fingerprint density at radius 3 is 2.21 bits per heavy atom. The Morgan fingerprint density at radius 1 is 1.18 bits per heavy atom. The molecule has 152 valence electrons. The number of aliphatic hydroxyl groups excluding tert-OH is 1. The second-order valence-electron chi connectivity index (χ2n) is 6.87. The predicted molar refractivity (Wildman–Crippen MR) is 96.8 cm³/mol. The summed E-state index contributed by atoms with van der Waals surface area (Å²) in [5.41, 5.74) is -1.37. The SMILES string of the molecule is COc1cc(OC)nc(C(O)c2cc(F)cc(COC(C)(C)C)c2[N+](=O)[O-])n1. The fraction of sp³-hybridized carbons (Fsp3) is 0.444. The van der Waals surface area contributed by atoms with Crippen LogP contribution in [0.4, 0.5) is 10.1 Å². The number of aliphatic hydroxyl groups is 1. The highest BCUT2D eigenvalue weighted by Gasteiger charge is 2.30. The van der Waals surface area contributed by atoms with E-state index in [9.17, 15) is 19.6 Å². The lowest BCUT2D eigenvalue weighted by molar-refractivity contribution is -0.387. The fourth-order valence-electron chi connectivity index (χ4n) is 2.41. The summed E-state index contributed by atoms with van der Waals surface area (Å²) < 4.78 is 29.8. The molecule has 1 aromatic heterocycles. The van der Waals surface area contributed by atoms with E-state index in [1.807, 2.05) is 0 Å². The molecule has 0 saturated carbocycles. The van der Waals surface area contributed by atoms with Crippen LogP contribution in [-0.2, 0) is 11.3 Å². The Morgan fingerprint density at radius 2 is 1.75 bits per heavy atom. The number of rotatable bonds is 7. The van der Waals surface area contributed by atoms with Gasteiger partial charge in [0.1, 0.15) is 11.9 Å². The molecule has 10 heteroatoms. The van der Waals surface area contributed by atoms with E-state index in [-0.39, 0.29) is 35.3 Å². The lowest BCUT2D eigenvalue weighted by Crippen LogP contribution is -2.19. The van der Waals surface area contributed by atoms with Crippen LogP contribution in [0.15, 0.2) is 18.2 Å². The molecule has 28 heavy (non-hydrogen) atoms. The molecule has 0 saturated heterocycles. The average Bonchev–Trinajstić information content (AvgIpc) is 2.63. The van der Waals surface area contributed by atoms with Crippen LogP contribution in [-0.4, -0.2) is 39.8 Å². The Labute approximate surface area is 161 Å². The van der Waals surface area contributed by atoms with Crippen LogP contribution in [0, 0.1) is 15.9 Å². The molecule has 0 aliphatic carbocycles. The zero-order chi connectivity index (χ0) is 21.1. The number of aromatic nitrogens is 2.